The summed E-state index contributed by atoms with van der Waals surface area (Å²) in [7, 11) is 0. The fourth-order valence-electron chi connectivity index (χ4n) is 2.08. The molecule has 3 heteroatoms. The Bertz CT molecular complexity index is 293. The number of nitrogens with zero attached hydrogens (tertiary/aromatic N) is 2. The van der Waals surface area contributed by atoms with Crippen LogP contribution in [0, 0.1) is 33.5 Å². The summed E-state index contributed by atoms with van der Waals surface area (Å²) >= 11 is 0. The van der Waals surface area contributed by atoms with E-state index in [-0.39, 0.29) is 5.78 Å². The zero-order valence-electron chi connectivity index (χ0n) is 7.92. The van der Waals surface area contributed by atoms with E-state index < -0.39 is 10.8 Å². The SMILES string of the molecule is CC1(C#N)CC(=O)CC(C)(C#N)C1. The van der Waals surface area contributed by atoms with Crippen molar-refractivity contribution in [3.8, 4) is 12.1 Å². The van der Waals surface area contributed by atoms with Crippen LogP contribution in [0.1, 0.15) is 33.1 Å². The third-order valence-corrected chi connectivity index (χ3v) is 2.49. The third kappa shape index (κ3) is 1.87. The van der Waals surface area contributed by atoms with Crippen molar-refractivity contribution in [1.29, 1.82) is 10.5 Å². The largest absolute Gasteiger partial charge is 0.300 e. The normalized spacial score (nSPS) is 39.2. The van der Waals surface area contributed by atoms with Crippen molar-refractivity contribution >= 4 is 5.78 Å². The number of carbonyl (C=O) groups is 1. The summed E-state index contributed by atoms with van der Waals surface area (Å²) in [6, 6.07) is 4.26. The molecule has 1 aliphatic carbocycles. The average molecular weight is 176 g/mol. The molecule has 0 saturated heterocycles. The zero-order valence-corrected chi connectivity index (χ0v) is 7.92. The summed E-state index contributed by atoms with van der Waals surface area (Å²) in [5.74, 6) is 0.0272. The third-order valence-electron chi connectivity index (χ3n) is 2.49. The summed E-state index contributed by atoms with van der Waals surface area (Å²) in [6.07, 6.45) is 1.08. The highest BCUT2D eigenvalue weighted by atomic mass is 16.1. The lowest BCUT2D eigenvalue weighted by atomic mass is 9.64. The van der Waals surface area contributed by atoms with E-state index >= 15 is 0 Å². The highest BCUT2D eigenvalue weighted by molar-refractivity contribution is 5.81. The van der Waals surface area contributed by atoms with Gasteiger partial charge in [-0.25, -0.2) is 0 Å². The van der Waals surface area contributed by atoms with Gasteiger partial charge in [0, 0.05) is 12.8 Å². The zero-order chi connectivity index (χ0) is 10.1. The van der Waals surface area contributed by atoms with E-state index in [4.69, 9.17) is 10.5 Å². The molecule has 13 heavy (non-hydrogen) atoms. The van der Waals surface area contributed by atoms with Crippen molar-refractivity contribution in [2.45, 2.75) is 33.1 Å². The number of ketones is 1. The van der Waals surface area contributed by atoms with Gasteiger partial charge < -0.3 is 0 Å². The molecular formula is C10H12N2O. The molecule has 0 radical (unpaired) electrons. The average Bonchev–Trinajstić information content (AvgIpc) is 2.02. The van der Waals surface area contributed by atoms with Crippen molar-refractivity contribution in [2.75, 3.05) is 0 Å². The summed E-state index contributed by atoms with van der Waals surface area (Å²) in [4.78, 5) is 11.3. The van der Waals surface area contributed by atoms with E-state index in [1.54, 1.807) is 13.8 Å². The van der Waals surface area contributed by atoms with Gasteiger partial charge in [-0.05, 0) is 20.3 Å². The van der Waals surface area contributed by atoms with Gasteiger partial charge in [0.25, 0.3) is 0 Å². The van der Waals surface area contributed by atoms with Crippen LogP contribution in [0.25, 0.3) is 0 Å². The first-order valence-corrected chi connectivity index (χ1v) is 4.27. The number of carbonyl (C=O) groups excluding carboxylic acids is 1. The molecule has 68 valence electrons. The molecule has 2 unspecified atom stereocenters. The number of Topliss-reactive ketones (excluding diaryl/α,β-unsaturated/α-hetero) is 1. The van der Waals surface area contributed by atoms with Crippen LogP contribution >= 0.6 is 0 Å². The highest BCUT2D eigenvalue weighted by Gasteiger charge is 2.43. The Labute approximate surface area is 78.0 Å². The van der Waals surface area contributed by atoms with Crippen molar-refractivity contribution in [1.82, 2.24) is 0 Å². The van der Waals surface area contributed by atoms with E-state index in [1.165, 1.54) is 0 Å². The molecular weight excluding hydrogens is 164 g/mol. The smallest absolute Gasteiger partial charge is 0.136 e. The molecule has 0 heterocycles. The van der Waals surface area contributed by atoms with Gasteiger partial charge in [0.2, 0.25) is 0 Å². The number of hydrogen-bond donors (Lipinski definition) is 0. The fraction of sp³-hybridized carbons (Fsp3) is 0.700. The second-order valence-corrected chi connectivity index (χ2v) is 4.41. The molecule has 1 rings (SSSR count). The van der Waals surface area contributed by atoms with E-state index in [0.29, 0.717) is 19.3 Å². The van der Waals surface area contributed by atoms with E-state index in [1.807, 2.05) is 0 Å². The Balaban J connectivity index is 2.96. The topological polar surface area (TPSA) is 64.7 Å². The fourth-order valence-corrected chi connectivity index (χ4v) is 2.08. The number of rotatable bonds is 0. The monoisotopic (exact) mass is 176 g/mol. The molecule has 0 aliphatic heterocycles. The first-order valence-electron chi connectivity index (χ1n) is 4.27. The van der Waals surface area contributed by atoms with Gasteiger partial charge in [-0.1, -0.05) is 0 Å². The first-order chi connectivity index (χ1) is 5.93. The second kappa shape index (κ2) is 2.85. The van der Waals surface area contributed by atoms with E-state index in [2.05, 4.69) is 12.1 Å². The van der Waals surface area contributed by atoms with Crippen LogP contribution in [0.15, 0.2) is 0 Å². The maximum Gasteiger partial charge on any atom is 0.136 e. The van der Waals surface area contributed by atoms with Crippen LogP contribution in [0.5, 0.6) is 0 Å². The molecule has 1 saturated carbocycles. The predicted octanol–water partition coefficient (Wildman–Crippen LogP) is 1.80. The number of hydrogen-bond acceptors (Lipinski definition) is 3. The van der Waals surface area contributed by atoms with Crippen LogP contribution in [-0.4, -0.2) is 5.78 Å². The minimum Gasteiger partial charge on any atom is -0.300 e. The molecule has 0 spiro atoms. The van der Waals surface area contributed by atoms with E-state index in [0.717, 1.165) is 0 Å². The van der Waals surface area contributed by atoms with Crippen LogP contribution in [0.2, 0.25) is 0 Å². The molecule has 0 aromatic heterocycles. The Hall–Kier alpha value is -1.35. The van der Waals surface area contributed by atoms with Gasteiger partial charge in [0.1, 0.15) is 5.78 Å². The van der Waals surface area contributed by atoms with Crippen LogP contribution < -0.4 is 0 Å². The lowest BCUT2D eigenvalue weighted by Crippen LogP contribution is -2.35. The molecule has 0 N–H and O–H groups in total. The van der Waals surface area contributed by atoms with Gasteiger partial charge in [0.05, 0.1) is 23.0 Å². The maximum atomic E-state index is 11.3. The Morgan fingerprint density at radius 3 is 1.85 bits per heavy atom. The van der Waals surface area contributed by atoms with E-state index in [9.17, 15) is 4.79 Å². The predicted molar refractivity (Wildman–Crippen MR) is 46.3 cm³/mol. The minimum atomic E-state index is -0.639. The molecule has 3 nitrogen and oxygen atoms in total. The van der Waals surface area contributed by atoms with Gasteiger partial charge in [-0.3, -0.25) is 4.79 Å². The lowest BCUT2D eigenvalue weighted by Gasteiger charge is -2.35. The standard InChI is InChI=1S/C10H12N2O/c1-9(6-11)3-8(13)4-10(2,5-9)7-12/h3-5H2,1-2H3. The van der Waals surface area contributed by atoms with Gasteiger partial charge in [-0.2, -0.15) is 10.5 Å². The highest BCUT2D eigenvalue weighted by Crippen LogP contribution is 2.43. The maximum absolute atomic E-state index is 11.3. The summed E-state index contributed by atoms with van der Waals surface area (Å²) in [5.41, 5.74) is -1.28. The van der Waals surface area contributed by atoms with Crippen molar-refractivity contribution in [3.05, 3.63) is 0 Å². The molecule has 0 aromatic carbocycles. The molecule has 1 aliphatic rings. The van der Waals surface area contributed by atoms with Gasteiger partial charge >= 0.3 is 0 Å². The Kier molecular flexibility index (Phi) is 2.14. The van der Waals surface area contributed by atoms with Crippen molar-refractivity contribution < 1.29 is 4.79 Å². The minimum absolute atomic E-state index is 0.0272. The molecule has 0 bridgehead atoms. The summed E-state index contributed by atoms with van der Waals surface area (Å²) < 4.78 is 0. The number of nitriles is 2. The van der Waals surface area contributed by atoms with Gasteiger partial charge in [-0.15, -0.1) is 0 Å². The van der Waals surface area contributed by atoms with Crippen molar-refractivity contribution in [3.63, 3.8) is 0 Å². The molecule has 0 aromatic rings. The summed E-state index contributed by atoms with van der Waals surface area (Å²) in [6.45, 7) is 3.50. The lowest BCUT2D eigenvalue weighted by molar-refractivity contribution is -0.125. The second-order valence-electron chi connectivity index (χ2n) is 4.41. The van der Waals surface area contributed by atoms with Crippen LogP contribution in [0.3, 0.4) is 0 Å². The quantitative estimate of drug-likeness (QED) is 0.565. The van der Waals surface area contributed by atoms with Crippen LogP contribution in [-0.2, 0) is 4.79 Å². The van der Waals surface area contributed by atoms with Crippen LogP contribution in [0.4, 0.5) is 0 Å². The molecule has 2 atom stereocenters. The molecule has 0 amide bonds. The molecule has 1 fully saturated rings. The summed E-state index contributed by atoms with van der Waals surface area (Å²) in [5, 5.41) is 17.8. The Morgan fingerprint density at radius 1 is 1.15 bits per heavy atom. The Morgan fingerprint density at radius 2 is 1.54 bits per heavy atom. The van der Waals surface area contributed by atoms with Crippen molar-refractivity contribution in [2.24, 2.45) is 10.8 Å². The first kappa shape index (κ1) is 9.74. The van der Waals surface area contributed by atoms with Gasteiger partial charge in [0.15, 0.2) is 0 Å².